The van der Waals surface area contributed by atoms with Gasteiger partial charge in [-0.15, -0.1) is 0 Å². The van der Waals surface area contributed by atoms with Crippen molar-refractivity contribution in [3.8, 4) is 0 Å². The van der Waals surface area contributed by atoms with Crippen LogP contribution in [0.15, 0.2) is 30.3 Å². The summed E-state index contributed by atoms with van der Waals surface area (Å²) in [5.74, 6) is 0.632. The lowest BCUT2D eigenvalue weighted by Crippen LogP contribution is -2.40. The van der Waals surface area contributed by atoms with Gasteiger partial charge in [-0.25, -0.2) is 0 Å². The highest BCUT2D eigenvalue weighted by Crippen LogP contribution is 2.52. The first-order chi connectivity index (χ1) is 7.70. The summed E-state index contributed by atoms with van der Waals surface area (Å²) in [6.07, 6.45) is 5.02. The van der Waals surface area contributed by atoms with E-state index in [2.05, 4.69) is 44.2 Å². The van der Waals surface area contributed by atoms with Crippen LogP contribution in [0.5, 0.6) is 0 Å². The molecule has 88 valence electrons. The Hall–Kier alpha value is -0.820. The van der Waals surface area contributed by atoms with Crippen LogP contribution in [0.4, 0.5) is 0 Å². The van der Waals surface area contributed by atoms with Gasteiger partial charge in [-0.1, -0.05) is 50.6 Å². The molecule has 1 aliphatic rings. The van der Waals surface area contributed by atoms with Gasteiger partial charge in [-0.05, 0) is 30.7 Å². The molecule has 0 heterocycles. The summed E-state index contributed by atoms with van der Waals surface area (Å²) in [4.78, 5) is 0. The maximum absolute atomic E-state index is 6.48. The van der Waals surface area contributed by atoms with E-state index in [1.54, 1.807) is 0 Å². The van der Waals surface area contributed by atoms with E-state index >= 15 is 0 Å². The van der Waals surface area contributed by atoms with Crippen molar-refractivity contribution in [3.63, 3.8) is 0 Å². The van der Waals surface area contributed by atoms with Gasteiger partial charge in [-0.2, -0.15) is 0 Å². The summed E-state index contributed by atoms with van der Waals surface area (Å²) in [5, 5.41) is 0. The summed E-state index contributed by atoms with van der Waals surface area (Å²) in [7, 11) is 0. The molecule has 2 rings (SSSR count). The second-order valence-corrected chi connectivity index (χ2v) is 5.31. The predicted molar refractivity (Wildman–Crippen MR) is 69.4 cm³/mol. The molecule has 1 aromatic carbocycles. The molecule has 0 amide bonds. The van der Waals surface area contributed by atoms with Crippen molar-refractivity contribution in [1.29, 1.82) is 0 Å². The quantitative estimate of drug-likeness (QED) is 0.803. The fraction of sp³-hybridized carbons (Fsp3) is 0.600. The predicted octanol–water partition coefficient (Wildman–Crippen LogP) is 3.48. The average Bonchev–Trinajstić information content (AvgIpc) is 3.11. The van der Waals surface area contributed by atoms with Gasteiger partial charge in [0.2, 0.25) is 0 Å². The lowest BCUT2D eigenvalue weighted by Gasteiger charge is -2.29. The van der Waals surface area contributed by atoms with E-state index in [-0.39, 0.29) is 0 Å². The van der Waals surface area contributed by atoms with E-state index < -0.39 is 0 Å². The monoisotopic (exact) mass is 217 g/mol. The van der Waals surface area contributed by atoms with Crippen LogP contribution in [0.25, 0.3) is 0 Å². The summed E-state index contributed by atoms with van der Waals surface area (Å²) in [5.41, 5.74) is 8.23. The van der Waals surface area contributed by atoms with Crippen molar-refractivity contribution in [2.24, 2.45) is 11.7 Å². The third-order valence-corrected chi connectivity index (χ3v) is 4.13. The zero-order valence-electron chi connectivity index (χ0n) is 10.4. The second kappa shape index (κ2) is 4.58. The van der Waals surface area contributed by atoms with Crippen LogP contribution >= 0.6 is 0 Å². The molecule has 1 aromatic rings. The molecular weight excluding hydrogens is 194 g/mol. The van der Waals surface area contributed by atoms with E-state index in [0.717, 1.165) is 0 Å². The fourth-order valence-electron chi connectivity index (χ4n) is 2.90. The van der Waals surface area contributed by atoms with Gasteiger partial charge in [0.1, 0.15) is 0 Å². The molecule has 2 atom stereocenters. The highest BCUT2D eigenvalue weighted by molar-refractivity contribution is 5.33. The Bertz CT molecular complexity index is 327. The lowest BCUT2D eigenvalue weighted by atomic mass is 9.80. The molecule has 2 N–H and O–H groups in total. The third kappa shape index (κ3) is 2.01. The summed E-state index contributed by atoms with van der Waals surface area (Å²) in [6.45, 7) is 4.54. The minimum absolute atomic E-state index is 0.301. The molecule has 1 fully saturated rings. The number of hydrogen-bond donors (Lipinski definition) is 1. The number of nitrogens with two attached hydrogens (primary N) is 1. The van der Waals surface area contributed by atoms with Crippen molar-refractivity contribution < 1.29 is 0 Å². The van der Waals surface area contributed by atoms with Crippen LogP contribution in [0.1, 0.15) is 45.1 Å². The summed E-state index contributed by atoms with van der Waals surface area (Å²) < 4.78 is 0. The molecule has 0 saturated heterocycles. The van der Waals surface area contributed by atoms with Crippen molar-refractivity contribution >= 4 is 0 Å². The fourth-order valence-corrected chi connectivity index (χ4v) is 2.90. The van der Waals surface area contributed by atoms with Gasteiger partial charge in [-0.3, -0.25) is 0 Å². The molecule has 16 heavy (non-hydrogen) atoms. The minimum atomic E-state index is 0.301. The van der Waals surface area contributed by atoms with E-state index in [1.807, 2.05) is 0 Å². The second-order valence-electron chi connectivity index (χ2n) is 5.31. The minimum Gasteiger partial charge on any atom is -0.327 e. The van der Waals surface area contributed by atoms with Gasteiger partial charge < -0.3 is 5.73 Å². The zero-order valence-corrected chi connectivity index (χ0v) is 10.4. The van der Waals surface area contributed by atoms with Gasteiger partial charge in [0.05, 0.1) is 0 Å². The molecule has 1 saturated carbocycles. The summed E-state index contributed by atoms with van der Waals surface area (Å²) >= 11 is 0. The SMILES string of the molecule is CCCC(C)C(N)C1(c2ccccc2)CC1. The first kappa shape index (κ1) is 11.7. The van der Waals surface area contributed by atoms with Crippen LogP contribution in [0.2, 0.25) is 0 Å². The van der Waals surface area contributed by atoms with E-state index in [1.165, 1.54) is 31.2 Å². The van der Waals surface area contributed by atoms with Crippen LogP contribution in [-0.2, 0) is 5.41 Å². The maximum atomic E-state index is 6.48. The van der Waals surface area contributed by atoms with Gasteiger partial charge in [0.25, 0.3) is 0 Å². The van der Waals surface area contributed by atoms with Crippen molar-refractivity contribution in [3.05, 3.63) is 35.9 Å². The van der Waals surface area contributed by atoms with Crippen molar-refractivity contribution in [2.45, 2.75) is 51.0 Å². The average molecular weight is 217 g/mol. The molecule has 0 aliphatic heterocycles. The first-order valence-electron chi connectivity index (χ1n) is 6.52. The molecular formula is C15H23N. The standard InChI is InChI=1S/C15H23N/c1-3-7-12(2)14(16)15(10-11-15)13-8-5-4-6-9-13/h4-6,8-9,12,14H,3,7,10-11,16H2,1-2H3. The van der Waals surface area contributed by atoms with E-state index in [4.69, 9.17) is 5.73 Å². The lowest BCUT2D eigenvalue weighted by molar-refractivity contribution is 0.355. The van der Waals surface area contributed by atoms with Crippen LogP contribution in [-0.4, -0.2) is 6.04 Å². The normalized spacial score (nSPS) is 21.4. The zero-order chi connectivity index (χ0) is 11.6. The summed E-state index contributed by atoms with van der Waals surface area (Å²) in [6, 6.07) is 11.2. The number of hydrogen-bond acceptors (Lipinski definition) is 1. The Morgan fingerprint density at radius 3 is 2.38 bits per heavy atom. The maximum Gasteiger partial charge on any atom is 0.0162 e. The Morgan fingerprint density at radius 1 is 1.25 bits per heavy atom. The molecule has 0 aromatic heterocycles. The smallest absolute Gasteiger partial charge is 0.0162 e. The van der Waals surface area contributed by atoms with Crippen LogP contribution in [0, 0.1) is 5.92 Å². The molecule has 0 radical (unpaired) electrons. The molecule has 1 nitrogen and oxygen atoms in total. The number of rotatable bonds is 5. The molecule has 2 unspecified atom stereocenters. The van der Waals surface area contributed by atoms with Gasteiger partial charge >= 0.3 is 0 Å². The van der Waals surface area contributed by atoms with Crippen molar-refractivity contribution in [2.75, 3.05) is 0 Å². The topological polar surface area (TPSA) is 26.0 Å². The van der Waals surface area contributed by atoms with Crippen LogP contribution < -0.4 is 5.73 Å². The Morgan fingerprint density at radius 2 is 1.88 bits per heavy atom. The molecule has 1 heteroatoms. The van der Waals surface area contributed by atoms with Gasteiger partial charge in [0, 0.05) is 11.5 Å². The first-order valence-corrected chi connectivity index (χ1v) is 6.52. The highest BCUT2D eigenvalue weighted by atomic mass is 14.8. The Kier molecular flexibility index (Phi) is 3.34. The van der Waals surface area contributed by atoms with Crippen LogP contribution in [0.3, 0.4) is 0 Å². The van der Waals surface area contributed by atoms with Crippen molar-refractivity contribution in [1.82, 2.24) is 0 Å². The molecule has 1 aliphatic carbocycles. The Balaban J connectivity index is 2.14. The largest absolute Gasteiger partial charge is 0.327 e. The highest BCUT2D eigenvalue weighted by Gasteiger charge is 2.50. The Labute approximate surface area is 99.0 Å². The number of benzene rings is 1. The molecule has 0 bridgehead atoms. The molecule has 0 spiro atoms. The van der Waals surface area contributed by atoms with E-state index in [0.29, 0.717) is 17.4 Å². The third-order valence-electron chi connectivity index (χ3n) is 4.13. The van der Waals surface area contributed by atoms with E-state index in [9.17, 15) is 0 Å². The van der Waals surface area contributed by atoms with Gasteiger partial charge in [0.15, 0.2) is 0 Å².